The quantitative estimate of drug-likeness (QED) is 0.626. The summed E-state index contributed by atoms with van der Waals surface area (Å²) in [7, 11) is 0. The first-order valence-electron chi connectivity index (χ1n) is 6.13. The second-order valence-corrected chi connectivity index (χ2v) is 4.81. The molecular formula is C13H18N2O2. The van der Waals surface area contributed by atoms with Gasteiger partial charge in [0.15, 0.2) is 0 Å². The number of hydrogen-bond donors (Lipinski definition) is 1. The van der Waals surface area contributed by atoms with Crippen LogP contribution in [0.5, 0.6) is 0 Å². The van der Waals surface area contributed by atoms with Crippen molar-refractivity contribution in [2.24, 2.45) is 5.92 Å². The van der Waals surface area contributed by atoms with E-state index in [-0.39, 0.29) is 10.6 Å². The lowest BCUT2D eigenvalue weighted by molar-refractivity contribution is -0.384. The van der Waals surface area contributed by atoms with Crippen molar-refractivity contribution in [1.29, 1.82) is 0 Å². The lowest BCUT2D eigenvalue weighted by Gasteiger charge is -2.07. The summed E-state index contributed by atoms with van der Waals surface area (Å²) in [6.45, 7) is 4.12. The van der Waals surface area contributed by atoms with Gasteiger partial charge in [-0.25, -0.2) is 0 Å². The van der Waals surface area contributed by atoms with Gasteiger partial charge >= 0.3 is 0 Å². The molecule has 0 amide bonds. The summed E-state index contributed by atoms with van der Waals surface area (Å²) in [4.78, 5) is 10.6. The second kappa shape index (κ2) is 4.73. The number of benzene rings is 1. The molecule has 4 nitrogen and oxygen atoms in total. The van der Waals surface area contributed by atoms with E-state index in [1.807, 2.05) is 13.0 Å². The first-order chi connectivity index (χ1) is 8.11. The Kier molecular flexibility index (Phi) is 3.31. The fraction of sp³-hybridized carbons (Fsp3) is 0.538. The van der Waals surface area contributed by atoms with Gasteiger partial charge in [0.05, 0.1) is 4.92 Å². The van der Waals surface area contributed by atoms with Gasteiger partial charge in [0.1, 0.15) is 5.69 Å². The number of anilines is 1. The predicted octanol–water partition coefficient (Wildman–Crippen LogP) is 3.50. The number of hydrogen-bond acceptors (Lipinski definition) is 3. The number of rotatable bonds is 5. The molecule has 0 aliphatic heterocycles. The molecule has 1 N–H and O–H groups in total. The lowest BCUT2D eigenvalue weighted by atomic mass is 10.2. The van der Waals surface area contributed by atoms with Gasteiger partial charge in [-0.2, -0.15) is 0 Å². The third kappa shape index (κ3) is 2.75. The smallest absolute Gasteiger partial charge is 0.292 e. The zero-order chi connectivity index (χ0) is 12.4. The molecule has 0 spiro atoms. The Morgan fingerprint density at radius 3 is 2.94 bits per heavy atom. The minimum atomic E-state index is -0.320. The van der Waals surface area contributed by atoms with Crippen LogP contribution in [0.3, 0.4) is 0 Å². The van der Waals surface area contributed by atoms with Crippen LogP contribution in [0.2, 0.25) is 0 Å². The van der Waals surface area contributed by atoms with Crippen molar-refractivity contribution in [3.63, 3.8) is 0 Å². The fourth-order valence-electron chi connectivity index (χ4n) is 2.24. The maximum Gasteiger partial charge on any atom is 0.292 e. The van der Waals surface area contributed by atoms with E-state index in [0.717, 1.165) is 12.0 Å². The summed E-state index contributed by atoms with van der Waals surface area (Å²) in [6, 6.07) is 5.64. The van der Waals surface area contributed by atoms with E-state index in [9.17, 15) is 10.1 Å². The Labute approximate surface area is 101 Å². The summed E-state index contributed by atoms with van der Waals surface area (Å²) in [5.41, 5.74) is 1.89. The Morgan fingerprint density at radius 2 is 2.29 bits per heavy atom. The summed E-state index contributed by atoms with van der Waals surface area (Å²) in [6.07, 6.45) is 3.52. The number of aryl methyl sites for hydroxylation is 1. The van der Waals surface area contributed by atoms with Crippen molar-refractivity contribution < 1.29 is 4.92 Å². The Balaban J connectivity index is 2.10. The molecule has 2 rings (SSSR count). The monoisotopic (exact) mass is 234 g/mol. The van der Waals surface area contributed by atoms with Crippen LogP contribution in [0.4, 0.5) is 11.4 Å². The van der Waals surface area contributed by atoms with E-state index >= 15 is 0 Å². The summed E-state index contributed by atoms with van der Waals surface area (Å²) < 4.78 is 0. The van der Waals surface area contributed by atoms with Crippen molar-refractivity contribution in [2.45, 2.75) is 39.2 Å². The zero-order valence-corrected chi connectivity index (χ0v) is 10.3. The topological polar surface area (TPSA) is 55.2 Å². The maximum atomic E-state index is 10.9. The standard InChI is InChI=1S/C13H18N2O2/c1-3-4-10-8-11(10)14-12-7-9(2)5-6-13(12)15(16)17/h5-7,10-11,14H,3-4,8H2,1-2H3. The van der Waals surface area contributed by atoms with Crippen LogP contribution in [0, 0.1) is 23.0 Å². The van der Waals surface area contributed by atoms with E-state index in [4.69, 9.17) is 0 Å². The van der Waals surface area contributed by atoms with E-state index < -0.39 is 0 Å². The van der Waals surface area contributed by atoms with Gasteiger partial charge in [-0.3, -0.25) is 10.1 Å². The SMILES string of the molecule is CCCC1CC1Nc1cc(C)ccc1[N+](=O)[O-]. The van der Waals surface area contributed by atoms with Crippen molar-refractivity contribution in [2.75, 3.05) is 5.32 Å². The number of nitro benzene ring substituents is 1. The minimum Gasteiger partial charge on any atom is -0.376 e. The molecule has 1 aliphatic rings. The Bertz CT molecular complexity index is 431. The maximum absolute atomic E-state index is 10.9. The van der Waals surface area contributed by atoms with E-state index in [1.54, 1.807) is 12.1 Å². The molecule has 0 saturated heterocycles. The highest BCUT2D eigenvalue weighted by Gasteiger charge is 2.36. The highest BCUT2D eigenvalue weighted by Crippen LogP contribution is 2.39. The predicted molar refractivity (Wildman–Crippen MR) is 68.3 cm³/mol. The molecule has 2 unspecified atom stereocenters. The van der Waals surface area contributed by atoms with E-state index in [0.29, 0.717) is 17.6 Å². The molecule has 0 heterocycles. The average molecular weight is 234 g/mol. The molecule has 1 fully saturated rings. The van der Waals surface area contributed by atoms with Crippen LogP contribution in [-0.4, -0.2) is 11.0 Å². The molecule has 17 heavy (non-hydrogen) atoms. The molecule has 92 valence electrons. The molecule has 1 aromatic rings. The molecule has 4 heteroatoms. The van der Waals surface area contributed by atoms with Gasteiger partial charge < -0.3 is 5.32 Å². The third-order valence-corrected chi connectivity index (χ3v) is 3.27. The molecule has 0 radical (unpaired) electrons. The molecule has 1 aromatic carbocycles. The molecule has 1 aliphatic carbocycles. The van der Waals surface area contributed by atoms with Crippen LogP contribution in [0.1, 0.15) is 31.7 Å². The summed E-state index contributed by atoms with van der Waals surface area (Å²) in [5, 5.41) is 14.2. The number of nitrogens with zero attached hydrogens (tertiary/aromatic N) is 1. The lowest BCUT2D eigenvalue weighted by Crippen LogP contribution is -2.07. The summed E-state index contributed by atoms with van der Waals surface area (Å²) >= 11 is 0. The second-order valence-electron chi connectivity index (χ2n) is 4.81. The van der Waals surface area contributed by atoms with Crippen LogP contribution in [-0.2, 0) is 0 Å². The van der Waals surface area contributed by atoms with Gasteiger partial charge in [-0.05, 0) is 37.3 Å². The van der Waals surface area contributed by atoms with E-state index in [1.165, 1.54) is 12.8 Å². The minimum absolute atomic E-state index is 0.178. The van der Waals surface area contributed by atoms with Crippen LogP contribution >= 0.6 is 0 Å². The molecule has 1 saturated carbocycles. The van der Waals surface area contributed by atoms with E-state index in [2.05, 4.69) is 12.2 Å². The largest absolute Gasteiger partial charge is 0.376 e. The average Bonchev–Trinajstić information content (AvgIpc) is 2.96. The van der Waals surface area contributed by atoms with Crippen LogP contribution in [0.15, 0.2) is 18.2 Å². The Morgan fingerprint density at radius 1 is 1.53 bits per heavy atom. The van der Waals surface area contributed by atoms with Crippen molar-refractivity contribution in [3.05, 3.63) is 33.9 Å². The molecule has 0 bridgehead atoms. The molecule has 0 aromatic heterocycles. The van der Waals surface area contributed by atoms with Crippen molar-refractivity contribution in [1.82, 2.24) is 0 Å². The first kappa shape index (κ1) is 11.9. The Hall–Kier alpha value is -1.58. The van der Waals surface area contributed by atoms with Gasteiger partial charge in [-0.1, -0.05) is 19.4 Å². The van der Waals surface area contributed by atoms with Crippen molar-refractivity contribution in [3.8, 4) is 0 Å². The zero-order valence-electron chi connectivity index (χ0n) is 10.3. The molecule has 2 atom stereocenters. The van der Waals surface area contributed by atoms with Crippen LogP contribution < -0.4 is 5.32 Å². The fourth-order valence-corrected chi connectivity index (χ4v) is 2.24. The van der Waals surface area contributed by atoms with Crippen LogP contribution in [0.25, 0.3) is 0 Å². The van der Waals surface area contributed by atoms with Gasteiger partial charge in [0, 0.05) is 12.1 Å². The summed E-state index contributed by atoms with van der Waals surface area (Å²) in [5.74, 6) is 0.695. The highest BCUT2D eigenvalue weighted by atomic mass is 16.6. The normalized spacial score (nSPS) is 22.2. The van der Waals surface area contributed by atoms with Crippen molar-refractivity contribution >= 4 is 11.4 Å². The first-order valence-corrected chi connectivity index (χ1v) is 6.13. The molecular weight excluding hydrogens is 216 g/mol. The van der Waals surface area contributed by atoms with Gasteiger partial charge in [0.25, 0.3) is 5.69 Å². The highest BCUT2D eigenvalue weighted by molar-refractivity contribution is 5.63. The van der Waals surface area contributed by atoms with Gasteiger partial charge in [-0.15, -0.1) is 0 Å². The number of nitrogens with one attached hydrogen (secondary N) is 1. The van der Waals surface area contributed by atoms with Gasteiger partial charge in [0.2, 0.25) is 0 Å². The third-order valence-electron chi connectivity index (χ3n) is 3.27. The number of nitro groups is 1.